The Balaban J connectivity index is 0.000000615. The molecular weight excluding hydrogens is 422 g/mol. The Morgan fingerprint density at radius 1 is 1.04 bits per heavy atom. The Bertz CT molecular complexity index is 756. The first-order valence-electron chi connectivity index (χ1n) is 7.73. The van der Waals surface area contributed by atoms with Crippen LogP contribution in [0, 0.1) is 12.7 Å². The monoisotopic (exact) mass is 444 g/mol. The van der Waals surface area contributed by atoms with Gasteiger partial charge >= 0.3 is 0 Å². The third-order valence-corrected chi connectivity index (χ3v) is 4.74. The van der Waals surface area contributed by atoms with Gasteiger partial charge in [0, 0.05) is 42.1 Å². The fourth-order valence-electron chi connectivity index (χ4n) is 2.10. The van der Waals surface area contributed by atoms with Gasteiger partial charge in [-0.25, -0.2) is 9.37 Å². The van der Waals surface area contributed by atoms with E-state index in [4.69, 9.17) is 0 Å². The lowest BCUT2D eigenvalue weighted by atomic mass is 10.1. The normalized spacial score (nSPS) is 9.70. The van der Waals surface area contributed by atoms with Crippen molar-refractivity contribution in [3.63, 3.8) is 0 Å². The largest absolute Gasteiger partial charge is 0.281 e. The number of halogens is 2. The molecule has 0 aliphatic carbocycles. The molecule has 0 bridgehead atoms. The summed E-state index contributed by atoms with van der Waals surface area (Å²) in [6.07, 6.45) is 2.04. The van der Waals surface area contributed by atoms with E-state index in [1.54, 1.807) is 21.3 Å². The molecule has 2 aromatic heterocycles. The topological polar surface area (TPSA) is 17.8 Å². The summed E-state index contributed by atoms with van der Waals surface area (Å²) in [5, 5.41) is 0. The van der Waals surface area contributed by atoms with E-state index in [0.717, 1.165) is 16.6 Å². The molecule has 0 unspecified atom stereocenters. The Hall–Kier alpha value is -1.08. The molecule has 0 amide bonds. The fourth-order valence-corrected chi connectivity index (χ4v) is 3.50. The van der Waals surface area contributed by atoms with Gasteiger partial charge in [0.1, 0.15) is 5.82 Å². The third-order valence-electron chi connectivity index (χ3n) is 3.02. The molecule has 23 heavy (non-hydrogen) atoms. The van der Waals surface area contributed by atoms with Crippen LogP contribution in [0.25, 0.3) is 22.3 Å². The third kappa shape index (κ3) is 4.47. The number of pyridine rings is 1. The molecule has 124 valence electrons. The van der Waals surface area contributed by atoms with E-state index in [-0.39, 0.29) is 5.82 Å². The highest BCUT2D eigenvalue weighted by Crippen LogP contribution is 2.29. The first kappa shape index (κ1) is 20.0. The average molecular weight is 444 g/mol. The zero-order chi connectivity index (χ0) is 17.4. The van der Waals surface area contributed by atoms with Crippen molar-refractivity contribution in [3.8, 4) is 11.3 Å². The number of hydrogen-bond donors (Lipinski definition) is 0. The molecule has 0 aliphatic heterocycles. The van der Waals surface area contributed by atoms with Crippen LogP contribution in [0.2, 0.25) is 0 Å². The summed E-state index contributed by atoms with van der Waals surface area (Å²) in [4.78, 5) is 4.60. The minimum atomic E-state index is -0.241. The van der Waals surface area contributed by atoms with Gasteiger partial charge in [0.05, 0.1) is 16.7 Å². The van der Waals surface area contributed by atoms with Crippen molar-refractivity contribution in [3.05, 3.63) is 54.0 Å². The molecule has 1 aromatic carbocycles. The lowest BCUT2D eigenvalue weighted by Crippen LogP contribution is -1.89. The van der Waals surface area contributed by atoms with Crippen LogP contribution in [0.1, 0.15) is 33.3 Å². The zero-order valence-electron chi connectivity index (χ0n) is 14.1. The second kappa shape index (κ2) is 9.93. The molecule has 0 radical (unpaired) electrons. The maximum Gasteiger partial charge on any atom is 0.132 e. The van der Waals surface area contributed by atoms with Gasteiger partial charge < -0.3 is 0 Å². The molecule has 2 heterocycles. The van der Waals surface area contributed by atoms with Gasteiger partial charge in [0.2, 0.25) is 0 Å². The number of aryl methyl sites for hydroxylation is 1. The van der Waals surface area contributed by atoms with Crippen LogP contribution in [0.4, 0.5) is 4.39 Å². The maximum absolute atomic E-state index is 13.8. The quantitative estimate of drug-likeness (QED) is 0.394. The summed E-state index contributed by atoms with van der Waals surface area (Å²) in [6.45, 7) is 10.0. The molecule has 5 heteroatoms. The fraction of sp³-hybridized carbons (Fsp3) is 0.278. The van der Waals surface area contributed by atoms with Crippen molar-refractivity contribution in [2.75, 3.05) is 0 Å². The van der Waals surface area contributed by atoms with Crippen molar-refractivity contribution in [2.45, 2.75) is 34.6 Å². The van der Waals surface area contributed by atoms with Gasteiger partial charge in [-0.2, -0.15) is 0 Å². The van der Waals surface area contributed by atoms with Crippen LogP contribution < -0.4 is 0 Å². The summed E-state index contributed by atoms with van der Waals surface area (Å²) in [5.41, 5.74) is 4.28. The summed E-state index contributed by atoms with van der Waals surface area (Å²) >= 11 is 2.23. The van der Waals surface area contributed by atoms with Crippen LogP contribution in [0.3, 0.4) is 0 Å². The molecule has 0 saturated heterocycles. The van der Waals surface area contributed by atoms with Crippen molar-refractivity contribution in [2.24, 2.45) is 0 Å². The second-order valence-corrected chi connectivity index (χ2v) is 5.96. The summed E-state index contributed by atoms with van der Waals surface area (Å²) in [7, 11) is 1.60. The SMILES string of the molecule is CC.CC.Cc1cn(SI)c2ccc(-c3ccccc3F)nc12. The highest BCUT2D eigenvalue weighted by Gasteiger charge is 2.10. The number of benzene rings is 1. The first-order valence-corrected chi connectivity index (χ1v) is 11.0. The highest BCUT2D eigenvalue weighted by atomic mass is 127. The number of rotatable bonds is 2. The van der Waals surface area contributed by atoms with Crippen molar-refractivity contribution in [1.82, 2.24) is 8.96 Å². The molecule has 0 saturated carbocycles. The van der Waals surface area contributed by atoms with Crippen LogP contribution in [-0.2, 0) is 0 Å². The smallest absolute Gasteiger partial charge is 0.132 e. The maximum atomic E-state index is 13.8. The predicted molar refractivity (Wildman–Crippen MR) is 110 cm³/mol. The standard InChI is InChI=1S/C14H10FIN2S.2C2H6/c1-9-8-18(19-16)13-7-6-12(17-14(9)13)10-4-2-3-5-11(10)15;2*1-2/h2-8H,1H3;2*1-2H3. The number of aromatic nitrogens is 2. The Kier molecular flexibility index (Phi) is 8.62. The van der Waals surface area contributed by atoms with E-state index < -0.39 is 0 Å². The van der Waals surface area contributed by atoms with E-state index in [9.17, 15) is 4.39 Å². The van der Waals surface area contributed by atoms with Crippen LogP contribution in [0.5, 0.6) is 0 Å². The van der Waals surface area contributed by atoms with Crippen LogP contribution in [0.15, 0.2) is 42.6 Å². The predicted octanol–water partition coefficient (Wildman–Crippen LogP) is 7.05. The van der Waals surface area contributed by atoms with Gasteiger partial charge in [-0.05, 0) is 36.8 Å². The van der Waals surface area contributed by atoms with Gasteiger partial charge in [0.15, 0.2) is 0 Å². The number of nitrogens with zero attached hydrogens (tertiary/aromatic N) is 2. The van der Waals surface area contributed by atoms with Gasteiger partial charge in [-0.1, -0.05) is 39.8 Å². The molecule has 0 aliphatic rings. The lowest BCUT2D eigenvalue weighted by Gasteiger charge is -2.03. The summed E-state index contributed by atoms with van der Waals surface area (Å²) < 4.78 is 15.9. The highest BCUT2D eigenvalue weighted by molar-refractivity contribution is 14.2. The van der Waals surface area contributed by atoms with Crippen molar-refractivity contribution >= 4 is 41.4 Å². The zero-order valence-corrected chi connectivity index (χ0v) is 17.1. The summed E-state index contributed by atoms with van der Waals surface area (Å²) in [5.74, 6) is -0.241. The van der Waals surface area contributed by atoms with E-state index in [1.165, 1.54) is 6.07 Å². The second-order valence-electron chi connectivity index (χ2n) is 4.25. The Morgan fingerprint density at radius 3 is 2.30 bits per heavy atom. The van der Waals surface area contributed by atoms with Gasteiger partial charge in [0.25, 0.3) is 0 Å². The molecule has 0 spiro atoms. The van der Waals surface area contributed by atoms with Crippen molar-refractivity contribution < 1.29 is 4.39 Å². The van der Waals surface area contributed by atoms with Crippen molar-refractivity contribution in [1.29, 1.82) is 0 Å². The number of fused-ring (bicyclic) bond motifs is 1. The molecular formula is C18H22FIN2S. The molecule has 0 atom stereocenters. The Morgan fingerprint density at radius 2 is 1.70 bits per heavy atom. The lowest BCUT2D eigenvalue weighted by molar-refractivity contribution is 0.631. The Labute approximate surface area is 154 Å². The van der Waals surface area contributed by atoms with Crippen LogP contribution in [-0.4, -0.2) is 8.96 Å². The molecule has 0 N–H and O–H groups in total. The minimum absolute atomic E-state index is 0.241. The molecule has 2 nitrogen and oxygen atoms in total. The van der Waals surface area contributed by atoms with E-state index in [1.807, 2.05) is 59.0 Å². The van der Waals surface area contributed by atoms with E-state index >= 15 is 0 Å². The average Bonchev–Trinajstić information content (AvgIpc) is 2.94. The van der Waals surface area contributed by atoms with Crippen LogP contribution >= 0.6 is 30.3 Å². The first-order chi connectivity index (χ1) is 11.2. The minimum Gasteiger partial charge on any atom is -0.281 e. The molecule has 0 fully saturated rings. The van der Waals surface area contributed by atoms with Gasteiger partial charge in [-0.3, -0.25) is 3.97 Å². The molecule has 3 rings (SSSR count). The van der Waals surface area contributed by atoms with Gasteiger partial charge in [-0.15, -0.1) is 0 Å². The molecule has 3 aromatic rings. The van der Waals surface area contributed by atoms with E-state index in [0.29, 0.717) is 11.3 Å². The summed E-state index contributed by atoms with van der Waals surface area (Å²) in [6, 6.07) is 10.6. The number of hydrogen-bond acceptors (Lipinski definition) is 2. The van der Waals surface area contributed by atoms with E-state index in [2.05, 4.69) is 30.2 Å².